The van der Waals surface area contributed by atoms with Crippen molar-refractivity contribution in [3.63, 3.8) is 0 Å². The van der Waals surface area contributed by atoms with Crippen molar-refractivity contribution in [1.82, 2.24) is 25.5 Å². The number of furan rings is 1. The van der Waals surface area contributed by atoms with Crippen LogP contribution in [-0.2, 0) is 4.79 Å². The molecule has 2 aromatic carbocycles. The molecule has 10 heteroatoms. The second-order valence-electron chi connectivity index (χ2n) is 7.24. The zero-order valence-electron chi connectivity index (χ0n) is 17.7. The first-order chi connectivity index (χ1) is 16.0. The van der Waals surface area contributed by atoms with Crippen molar-refractivity contribution in [2.24, 2.45) is 4.99 Å². The van der Waals surface area contributed by atoms with Gasteiger partial charge >= 0.3 is 0 Å². The first-order valence-electron chi connectivity index (χ1n) is 10.0. The van der Waals surface area contributed by atoms with Crippen LogP contribution in [0.5, 0.6) is 0 Å². The van der Waals surface area contributed by atoms with Crippen molar-refractivity contribution in [3.05, 3.63) is 82.5 Å². The highest BCUT2D eigenvalue weighted by Gasteiger charge is 2.24. The standard InChI is InChI=1S/C23H18N6O2S2/c1-14-8-10-18(15(2)12-14)24-22-25-21(30)19(32-22)13-17-9-11-20(31-17)33-23-26-27-28-29(23)16-6-4-3-5-7-16/h3-13H,1-2H3,(H,24,25,30)/b19-13-. The van der Waals surface area contributed by atoms with E-state index in [0.29, 0.717) is 26.1 Å². The van der Waals surface area contributed by atoms with Gasteiger partial charge in [-0.05, 0) is 83.7 Å². The molecule has 1 saturated heterocycles. The fraction of sp³-hybridized carbons (Fsp3) is 0.0870. The topological polar surface area (TPSA) is 98.2 Å². The number of thioether (sulfide) groups is 1. The van der Waals surface area contributed by atoms with Gasteiger partial charge in [-0.1, -0.05) is 35.9 Å². The number of benzene rings is 2. The van der Waals surface area contributed by atoms with Gasteiger partial charge in [0.1, 0.15) is 5.76 Å². The molecule has 1 fully saturated rings. The van der Waals surface area contributed by atoms with E-state index in [9.17, 15) is 4.79 Å². The van der Waals surface area contributed by atoms with Crippen molar-refractivity contribution in [3.8, 4) is 5.69 Å². The van der Waals surface area contributed by atoms with E-state index in [1.165, 1.54) is 29.1 Å². The Labute approximate surface area is 198 Å². The summed E-state index contributed by atoms with van der Waals surface area (Å²) in [5.74, 6) is 0.351. The molecule has 1 N–H and O–H groups in total. The smallest absolute Gasteiger partial charge is 0.264 e. The molecular weight excluding hydrogens is 456 g/mol. The number of hydrogen-bond acceptors (Lipinski definition) is 8. The summed E-state index contributed by atoms with van der Waals surface area (Å²) < 4.78 is 7.53. The van der Waals surface area contributed by atoms with Crippen LogP contribution in [0.15, 0.2) is 85.2 Å². The highest BCUT2D eigenvalue weighted by Crippen LogP contribution is 2.32. The first kappa shape index (κ1) is 21.2. The zero-order chi connectivity index (χ0) is 22.8. The summed E-state index contributed by atoms with van der Waals surface area (Å²) in [6.45, 7) is 4.04. The van der Waals surface area contributed by atoms with Gasteiger partial charge in [-0.3, -0.25) is 4.79 Å². The van der Waals surface area contributed by atoms with Gasteiger partial charge in [-0.15, -0.1) is 5.10 Å². The molecule has 33 heavy (non-hydrogen) atoms. The third kappa shape index (κ3) is 4.76. The Morgan fingerprint density at radius 3 is 2.79 bits per heavy atom. The number of para-hydroxylation sites is 1. The second kappa shape index (κ2) is 9.08. The largest absolute Gasteiger partial charge is 0.450 e. The van der Waals surface area contributed by atoms with Gasteiger partial charge in [0.05, 0.1) is 16.3 Å². The molecule has 0 spiro atoms. The number of aryl methyl sites for hydroxylation is 2. The number of aromatic nitrogens is 4. The SMILES string of the molecule is Cc1ccc(N=C2NC(=O)/C(=C/c3ccc(Sc4nnnn4-c4ccccc4)o3)S2)c(C)c1. The predicted octanol–water partition coefficient (Wildman–Crippen LogP) is 4.91. The number of rotatable bonds is 5. The van der Waals surface area contributed by atoms with Gasteiger partial charge in [0.15, 0.2) is 10.3 Å². The van der Waals surface area contributed by atoms with Crippen molar-refractivity contribution >= 4 is 46.4 Å². The van der Waals surface area contributed by atoms with E-state index in [1.54, 1.807) is 16.8 Å². The number of amidine groups is 1. The van der Waals surface area contributed by atoms with Gasteiger partial charge in [-0.25, -0.2) is 4.99 Å². The number of tetrazole rings is 1. The molecule has 0 bridgehead atoms. The molecule has 2 aromatic heterocycles. The molecule has 0 saturated carbocycles. The average Bonchev–Trinajstić information content (AvgIpc) is 3.53. The second-order valence-corrected chi connectivity index (χ2v) is 9.24. The number of carbonyl (C=O) groups excluding carboxylic acids is 1. The molecule has 8 nitrogen and oxygen atoms in total. The van der Waals surface area contributed by atoms with Crippen molar-refractivity contribution in [1.29, 1.82) is 0 Å². The normalized spacial score (nSPS) is 16.0. The number of aliphatic imine (C=N–C) groups is 1. The van der Waals surface area contributed by atoms with Gasteiger partial charge in [-0.2, -0.15) is 4.68 Å². The Kier molecular flexibility index (Phi) is 5.84. The minimum atomic E-state index is -0.206. The lowest BCUT2D eigenvalue weighted by molar-refractivity contribution is -0.115. The number of hydrogen-bond donors (Lipinski definition) is 1. The lowest BCUT2D eigenvalue weighted by Crippen LogP contribution is -2.19. The Hall–Kier alpha value is -3.63. The molecule has 4 aromatic rings. The maximum Gasteiger partial charge on any atom is 0.264 e. The fourth-order valence-corrected chi connectivity index (χ4v) is 4.76. The summed E-state index contributed by atoms with van der Waals surface area (Å²) in [5.41, 5.74) is 3.91. The van der Waals surface area contributed by atoms with E-state index >= 15 is 0 Å². The minimum Gasteiger partial charge on any atom is -0.450 e. The maximum absolute atomic E-state index is 12.4. The molecule has 0 unspecified atom stereocenters. The molecule has 0 radical (unpaired) electrons. The molecule has 0 atom stereocenters. The third-order valence-corrected chi connectivity index (χ3v) is 6.50. The third-order valence-electron chi connectivity index (χ3n) is 4.73. The molecule has 1 aliphatic heterocycles. The van der Waals surface area contributed by atoms with Gasteiger partial charge in [0, 0.05) is 6.08 Å². The first-order valence-corrected chi connectivity index (χ1v) is 11.7. The molecule has 3 heterocycles. The molecule has 1 amide bonds. The summed E-state index contributed by atoms with van der Waals surface area (Å²) in [5, 5.41) is 16.4. The molecule has 5 rings (SSSR count). The van der Waals surface area contributed by atoms with Crippen LogP contribution in [-0.4, -0.2) is 31.3 Å². The van der Waals surface area contributed by atoms with E-state index in [0.717, 1.165) is 16.9 Å². The van der Waals surface area contributed by atoms with E-state index in [-0.39, 0.29) is 5.91 Å². The van der Waals surface area contributed by atoms with E-state index < -0.39 is 0 Å². The van der Waals surface area contributed by atoms with Gasteiger partial charge < -0.3 is 9.73 Å². The van der Waals surface area contributed by atoms with Gasteiger partial charge in [0.2, 0.25) is 5.16 Å². The van der Waals surface area contributed by atoms with Crippen molar-refractivity contribution in [2.45, 2.75) is 24.1 Å². The summed E-state index contributed by atoms with van der Waals surface area (Å²) in [6.07, 6.45) is 1.70. The van der Waals surface area contributed by atoms with Crippen LogP contribution in [0.3, 0.4) is 0 Å². The van der Waals surface area contributed by atoms with Crippen molar-refractivity contribution < 1.29 is 9.21 Å². The summed E-state index contributed by atoms with van der Waals surface area (Å²) in [4.78, 5) is 17.5. The lowest BCUT2D eigenvalue weighted by atomic mass is 10.1. The van der Waals surface area contributed by atoms with Crippen LogP contribution in [0, 0.1) is 13.8 Å². The molecular formula is C23H18N6O2S2. The Morgan fingerprint density at radius 2 is 1.97 bits per heavy atom. The van der Waals surface area contributed by atoms with Crippen LogP contribution in [0.2, 0.25) is 0 Å². The van der Waals surface area contributed by atoms with Crippen LogP contribution < -0.4 is 5.32 Å². The Bertz CT molecular complexity index is 1390. The van der Waals surface area contributed by atoms with E-state index in [1.807, 2.05) is 62.4 Å². The number of nitrogens with one attached hydrogen (secondary N) is 1. The van der Waals surface area contributed by atoms with Crippen LogP contribution in [0.25, 0.3) is 11.8 Å². The molecule has 1 aliphatic rings. The monoisotopic (exact) mass is 474 g/mol. The average molecular weight is 475 g/mol. The summed E-state index contributed by atoms with van der Waals surface area (Å²) in [6, 6.07) is 19.3. The van der Waals surface area contributed by atoms with Crippen LogP contribution in [0.4, 0.5) is 5.69 Å². The summed E-state index contributed by atoms with van der Waals surface area (Å²) >= 11 is 2.58. The molecule has 0 aliphatic carbocycles. The lowest BCUT2D eigenvalue weighted by Gasteiger charge is -2.02. The van der Waals surface area contributed by atoms with Crippen LogP contribution in [0.1, 0.15) is 16.9 Å². The number of carbonyl (C=O) groups is 1. The quantitative estimate of drug-likeness (QED) is 0.410. The highest BCUT2D eigenvalue weighted by atomic mass is 32.2. The summed E-state index contributed by atoms with van der Waals surface area (Å²) in [7, 11) is 0. The minimum absolute atomic E-state index is 0.206. The number of nitrogens with zero attached hydrogens (tertiary/aromatic N) is 5. The van der Waals surface area contributed by atoms with Crippen molar-refractivity contribution in [2.75, 3.05) is 0 Å². The molecule has 164 valence electrons. The zero-order valence-corrected chi connectivity index (χ0v) is 19.4. The predicted molar refractivity (Wildman–Crippen MR) is 129 cm³/mol. The number of amides is 1. The van der Waals surface area contributed by atoms with E-state index in [2.05, 4.69) is 31.9 Å². The Balaban J connectivity index is 1.32. The Morgan fingerprint density at radius 1 is 1.12 bits per heavy atom. The van der Waals surface area contributed by atoms with E-state index in [4.69, 9.17) is 4.42 Å². The maximum atomic E-state index is 12.4. The van der Waals surface area contributed by atoms with Crippen LogP contribution >= 0.6 is 23.5 Å². The highest BCUT2D eigenvalue weighted by molar-refractivity contribution is 8.18. The van der Waals surface area contributed by atoms with Gasteiger partial charge in [0.25, 0.3) is 5.91 Å². The fourth-order valence-electron chi connectivity index (χ4n) is 3.18.